The van der Waals surface area contributed by atoms with Crippen molar-refractivity contribution in [2.24, 2.45) is 0 Å². The number of halogens is 1. The minimum absolute atomic E-state index is 0.0480. The quantitative estimate of drug-likeness (QED) is 0.811. The second-order valence-electron chi connectivity index (χ2n) is 2.93. The maximum Gasteiger partial charge on any atom is 0.323 e. The molecule has 1 aromatic heterocycles. The molecule has 0 saturated carbocycles. The fourth-order valence-corrected chi connectivity index (χ4v) is 1.19. The minimum atomic E-state index is -0.364. The number of nitrogen functional groups attached to an aromatic ring is 1. The van der Waals surface area contributed by atoms with E-state index in [1.54, 1.807) is 25.2 Å². The van der Waals surface area contributed by atoms with Crippen LogP contribution in [0, 0.1) is 5.82 Å². The Balaban J connectivity index is 2.36. The summed E-state index contributed by atoms with van der Waals surface area (Å²) in [6.07, 6.45) is 0. The van der Waals surface area contributed by atoms with Crippen molar-refractivity contribution in [2.45, 2.75) is 0 Å². The molecule has 0 saturated heterocycles. The molecule has 1 aromatic carbocycles. The highest BCUT2D eigenvalue weighted by atomic mass is 19.1. The van der Waals surface area contributed by atoms with Gasteiger partial charge >= 0.3 is 12.0 Å². The number of nitrogens with two attached hydrogens (primary N) is 1. The number of para-hydroxylation sites is 1. The summed E-state index contributed by atoms with van der Waals surface area (Å²) in [6.45, 7) is 0. The highest BCUT2D eigenvalue weighted by molar-refractivity contribution is 5.55. The van der Waals surface area contributed by atoms with Crippen molar-refractivity contribution in [1.29, 1.82) is 0 Å². The van der Waals surface area contributed by atoms with Crippen molar-refractivity contribution in [3.8, 4) is 0 Å². The Labute approximate surface area is 85.3 Å². The summed E-state index contributed by atoms with van der Waals surface area (Å²) in [7, 11) is 1.62. The van der Waals surface area contributed by atoms with Crippen LogP contribution in [0.15, 0.2) is 28.7 Å². The van der Waals surface area contributed by atoms with Gasteiger partial charge in [-0.2, -0.15) is 0 Å². The van der Waals surface area contributed by atoms with Crippen LogP contribution in [0.1, 0.15) is 0 Å². The lowest BCUT2D eigenvalue weighted by Gasteiger charge is -2.13. The first-order valence-corrected chi connectivity index (χ1v) is 4.25. The first-order chi connectivity index (χ1) is 7.18. The van der Waals surface area contributed by atoms with E-state index in [0.29, 0.717) is 5.69 Å². The zero-order chi connectivity index (χ0) is 10.8. The number of aromatic nitrogens is 2. The second-order valence-corrected chi connectivity index (χ2v) is 2.93. The molecule has 0 radical (unpaired) electrons. The lowest BCUT2D eigenvalue weighted by molar-refractivity contribution is 0.569. The van der Waals surface area contributed by atoms with Crippen molar-refractivity contribution in [3.63, 3.8) is 0 Å². The minimum Gasteiger partial charge on any atom is -0.389 e. The number of hydrogen-bond acceptors (Lipinski definition) is 5. The molecular formula is C9H9FN4O. The van der Waals surface area contributed by atoms with Gasteiger partial charge in [0.05, 0.1) is 5.69 Å². The number of nitrogens with zero attached hydrogens (tertiary/aromatic N) is 3. The van der Waals surface area contributed by atoms with E-state index in [1.165, 1.54) is 11.0 Å². The average Bonchev–Trinajstić information content (AvgIpc) is 2.65. The Morgan fingerprint density at radius 3 is 2.67 bits per heavy atom. The predicted octanol–water partition coefficient (Wildman–Crippen LogP) is 1.56. The SMILES string of the molecule is CN(c1nnc(N)o1)c1ccccc1F. The maximum absolute atomic E-state index is 13.4. The van der Waals surface area contributed by atoms with Gasteiger partial charge in [0.25, 0.3) is 0 Å². The van der Waals surface area contributed by atoms with Crippen LogP contribution in [0.5, 0.6) is 0 Å². The van der Waals surface area contributed by atoms with Gasteiger partial charge in [-0.05, 0) is 12.1 Å². The summed E-state index contributed by atoms with van der Waals surface area (Å²) >= 11 is 0. The van der Waals surface area contributed by atoms with E-state index in [1.807, 2.05) is 0 Å². The molecule has 15 heavy (non-hydrogen) atoms. The van der Waals surface area contributed by atoms with Gasteiger partial charge in [-0.15, -0.1) is 0 Å². The number of anilines is 3. The van der Waals surface area contributed by atoms with E-state index in [2.05, 4.69) is 10.2 Å². The topological polar surface area (TPSA) is 68.2 Å². The van der Waals surface area contributed by atoms with Crippen molar-refractivity contribution < 1.29 is 8.81 Å². The molecule has 6 heteroatoms. The summed E-state index contributed by atoms with van der Waals surface area (Å²) < 4.78 is 18.3. The molecule has 5 nitrogen and oxygen atoms in total. The van der Waals surface area contributed by atoms with Crippen LogP contribution in [0.2, 0.25) is 0 Å². The van der Waals surface area contributed by atoms with Crippen LogP contribution in [0.25, 0.3) is 0 Å². The third-order valence-corrected chi connectivity index (χ3v) is 1.93. The standard InChI is InChI=1S/C9H9FN4O/c1-14(9-13-12-8(11)15-9)7-5-3-2-4-6(7)10/h2-5H,1H3,(H2,11,12). The van der Waals surface area contributed by atoms with E-state index in [9.17, 15) is 4.39 Å². The lowest BCUT2D eigenvalue weighted by atomic mass is 10.3. The van der Waals surface area contributed by atoms with Crippen LogP contribution < -0.4 is 10.6 Å². The van der Waals surface area contributed by atoms with Crippen LogP contribution in [0.4, 0.5) is 22.1 Å². The normalized spacial score (nSPS) is 10.3. The van der Waals surface area contributed by atoms with E-state index in [0.717, 1.165) is 0 Å². The van der Waals surface area contributed by atoms with E-state index in [-0.39, 0.29) is 17.8 Å². The Bertz CT molecular complexity index is 471. The number of rotatable bonds is 2. The van der Waals surface area contributed by atoms with Crippen LogP contribution in [0.3, 0.4) is 0 Å². The molecule has 0 amide bonds. The van der Waals surface area contributed by atoms with Gasteiger partial charge in [0.1, 0.15) is 5.82 Å². The second kappa shape index (κ2) is 3.56. The van der Waals surface area contributed by atoms with Crippen molar-refractivity contribution >= 4 is 17.7 Å². The third-order valence-electron chi connectivity index (χ3n) is 1.93. The summed E-state index contributed by atoms with van der Waals surface area (Å²) in [5.41, 5.74) is 5.62. The predicted molar refractivity (Wildman–Crippen MR) is 53.2 cm³/mol. The van der Waals surface area contributed by atoms with Gasteiger partial charge in [-0.1, -0.05) is 22.3 Å². The van der Waals surface area contributed by atoms with Gasteiger partial charge in [0, 0.05) is 7.05 Å². The Morgan fingerprint density at radius 2 is 2.07 bits per heavy atom. The summed E-state index contributed by atoms with van der Waals surface area (Å²) in [4.78, 5) is 1.43. The summed E-state index contributed by atoms with van der Waals surface area (Å²) in [6, 6.07) is 6.39. The highest BCUT2D eigenvalue weighted by Gasteiger charge is 2.13. The summed E-state index contributed by atoms with van der Waals surface area (Å²) in [5, 5.41) is 7.14. The molecule has 2 rings (SSSR count). The smallest absolute Gasteiger partial charge is 0.323 e. The third kappa shape index (κ3) is 1.74. The van der Waals surface area contributed by atoms with E-state index >= 15 is 0 Å². The molecule has 0 aliphatic rings. The zero-order valence-electron chi connectivity index (χ0n) is 8.01. The monoisotopic (exact) mass is 208 g/mol. The van der Waals surface area contributed by atoms with Gasteiger partial charge in [-0.3, -0.25) is 4.90 Å². The molecule has 2 aromatic rings. The lowest BCUT2D eigenvalue weighted by Crippen LogP contribution is -2.11. The van der Waals surface area contributed by atoms with Gasteiger partial charge in [-0.25, -0.2) is 4.39 Å². The van der Waals surface area contributed by atoms with Crippen molar-refractivity contribution in [1.82, 2.24) is 10.2 Å². The van der Waals surface area contributed by atoms with Crippen molar-refractivity contribution in [2.75, 3.05) is 17.7 Å². The Kier molecular flexibility index (Phi) is 2.24. The number of benzene rings is 1. The fraction of sp³-hybridized carbons (Fsp3) is 0.111. The van der Waals surface area contributed by atoms with Gasteiger partial charge in [0.2, 0.25) is 0 Å². The first-order valence-electron chi connectivity index (χ1n) is 4.25. The van der Waals surface area contributed by atoms with E-state index < -0.39 is 0 Å². The molecule has 0 unspecified atom stereocenters. The molecule has 0 atom stereocenters. The summed E-state index contributed by atoms with van der Waals surface area (Å²) in [5.74, 6) is -0.364. The molecule has 2 N–H and O–H groups in total. The van der Waals surface area contributed by atoms with Crippen LogP contribution in [-0.2, 0) is 0 Å². The molecule has 78 valence electrons. The largest absolute Gasteiger partial charge is 0.389 e. The molecule has 0 aliphatic carbocycles. The Hall–Kier alpha value is -2.11. The molecule has 0 spiro atoms. The molecule has 1 heterocycles. The molecule has 0 bridgehead atoms. The van der Waals surface area contributed by atoms with Gasteiger partial charge < -0.3 is 10.2 Å². The van der Waals surface area contributed by atoms with Crippen LogP contribution in [-0.4, -0.2) is 17.2 Å². The average molecular weight is 208 g/mol. The van der Waals surface area contributed by atoms with Gasteiger partial charge in [0.15, 0.2) is 0 Å². The zero-order valence-corrected chi connectivity index (χ0v) is 8.01. The number of hydrogen-bond donors (Lipinski definition) is 1. The first kappa shape index (κ1) is 9.45. The fourth-order valence-electron chi connectivity index (χ4n) is 1.19. The maximum atomic E-state index is 13.4. The molecule has 0 aliphatic heterocycles. The van der Waals surface area contributed by atoms with Crippen LogP contribution >= 0.6 is 0 Å². The van der Waals surface area contributed by atoms with E-state index in [4.69, 9.17) is 10.2 Å². The molecular weight excluding hydrogens is 199 g/mol. The Morgan fingerprint density at radius 1 is 1.33 bits per heavy atom. The van der Waals surface area contributed by atoms with Crippen molar-refractivity contribution in [3.05, 3.63) is 30.1 Å². The highest BCUT2D eigenvalue weighted by Crippen LogP contribution is 2.24. The molecule has 0 fully saturated rings.